The first-order valence-electron chi connectivity index (χ1n) is 11.3. The molecule has 11 heteroatoms. The summed E-state index contributed by atoms with van der Waals surface area (Å²) in [6, 6.07) is 12.5. The minimum atomic E-state index is -0.704. The van der Waals surface area contributed by atoms with Crippen molar-refractivity contribution >= 4 is 35.3 Å². The summed E-state index contributed by atoms with van der Waals surface area (Å²) in [6.07, 6.45) is 1.51. The largest absolute Gasteiger partial charge is 0.495 e. The highest BCUT2D eigenvalue weighted by Gasteiger charge is 2.35. The molecular formula is C26H25N5O6. The Morgan fingerprint density at radius 3 is 2.46 bits per heavy atom. The van der Waals surface area contributed by atoms with Gasteiger partial charge in [0, 0.05) is 29.2 Å². The Morgan fingerprint density at radius 1 is 1.11 bits per heavy atom. The number of hydrogen-bond donors (Lipinski definition) is 2. The molecule has 2 N–H and O–H groups in total. The quantitative estimate of drug-likeness (QED) is 0.218. The van der Waals surface area contributed by atoms with Crippen LogP contribution in [0.1, 0.15) is 22.5 Å². The van der Waals surface area contributed by atoms with E-state index in [-0.39, 0.29) is 11.4 Å². The Labute approximate surface area is 212 Å². The van der Waals surface area contributed by atoms with Crippen LogP contribution < -0.4 is 15.4 Å². The minimum Gasteiger partial charge on any atom is -0.495 e. The van der Waals surface area contributed by atoms with Crippen molar-refractivity contribution in [2.45, 2.75) is 20.8 Å². The highest BCUT2D eigenvalue weighted by molar-refractivity contribution is 6.16. The molecule has 1 fully saturated rings. The fourth-order valence-electron chi connectivity index (χ4n) is 4.12. The van der Waals surface area contributed by atoms with Gasteiger partial charge in [0.05, 0.1) is 17.7 Å². The van der Waals surface area contributed by atoms with Crippen LogP contribution in [0.4, 0.5) is 16.2 Å². The second-order valence-corrected chi connectivity index (χ2v) is 8.57. The number of non-ortho nitro benzene ring substituents is 1. The number of nitro benzene ring substituents is 1. The van der Waals surface area contributed by atoms with Crippen molar-refractivity contribution < 1.29 is 24.0 Å². The van der Waals surface area contributed by atoms with Crippen LogP contribution in [-0.4, -0.2) is 45.9 Å². The van der Waals surface area contributed by atoms with Crippen LogP contribution in [-0.2, 0) is 9.59 Å². The summed E-state index contributed by atoms with van der Waals surface area (Å²) in [5.74, 6) is -0.714. The Hall–Kier alpha value is -4.93. The Bertz CT molecular complexity index is 1450. The molecule has 1 saturated heterocycles. The lowest BCUT2D eigenvalue weighted by Crippen LogP contribution is -2.38. The third-order valence-corrected chi connectivity index (χ3v) is 5.98. The minimum absolute atomic E-state index is 0.0133. The fourth-order valence-corrected chi connectivity index (χ4v) is 4.12. The third kappa shape index (κ3) is 5.06. The molecule has 3 aromatic rings. The zero-order valence-corrected chi connectivity index (χ0v) is 20.7. The topological polar surface area (TPSA) is 136 Å². The molecule has 1 aliphatic rings. The molecule has 0 unspecified atom stereocenters. The lowest BCUT2D eigenvalue weighted by atomic mass is 10.2. The van der Waals surface area contributed by atoms with E-state index in [0.29, 0.717) is 28.4 Å². The number of hydrogen-bond acceptors (Lipinski definition) is 6. The van der Waals surface area contributed by atoms with Crippen molar-refractivity contribution in [2.75, 3.05) is 19.0 Å². The average Bonchev–Trinajstić information content (AvgIpc) is 3.28. The van der Waals surface area contributed by atoms with Gasteiger partial charge in [0.2, 0.25) is 5.91 Å². The first-order chi connectivity index (χ1) is 17.6. The highest BCUT2D eigenvalue weighted by Crippen LogP contribution is 2.32. The standard InChI is InChI=1S/C26H25N5O6/c1-15-5-7-19(8-6-15)27-24(32)14-29-25(33)21(28-26(29)34)12-18-11-16(2)30(17(18)3)22-13-20(31(35)36)9-10-23(22)37-4/h5-13H,14H2,1-4H3,(H,27,32)(H,28,34)/b21-12-. The van der Waals surface area contributed by atoms with E-state index in [1.807, 2.05) is 26.0 Å². The number of aromatic nitrogens is 1. The first-order valence-corrected chi connectivity index (χ1v) is 11.3. The van der Waals surface area contributed by atoms with Crippen molar-refractivity contribution in [3.8, 4) is 11.4 Å². The maximum Gasteiger partial charge on any atom is 0.329 e. The smallest absolute Gasteiger partial charge is 0.329 e. The number of nitrogens with one attached hydrogen (secondary N) is 2. The molecule has 0 bridgehead atoms. The maximum atomic E-state index is 12.9. The molecule has 2 heterocycles. The molecule has 4 amide bonds. The monoisotopic (exact) mass is 503 g/mol. The van der Waals surface area contributed by atoms with Crippen molar-refractivity contribution in [1.82, 2.24) is 14.8 Å². The zero-order valence-electron chi connectivity index (χ0n) is 20.7. The number of nitro groups is 1. The van der Waals surface area contributed by atoms with E-state index in [9.17, 15) is 24.5 Å². The number of methoxy groups -OCH3 is 1. The summed E-state index contributed by atoms with van der Waals surface area (Å²) in [5.41, 5.74) is 3.98. The maximum absolute atomic E-state index is 12.9. The van der Waals surface area contributed by atoms with E-state index in [4.69, 9.17) is 4.74 Å². The number of ether oxygens (including phenoxy) is 1. The van der Waals surface area contributed by atoms with Crippen molar-refractivity contribution in [2.24, 2.45) is 0 Å². The van der Waals surface area contributed by atoms with Gasteiger partial charge in [-0.1, -0.05) is 17.7 Å². The van der Waals surface area contributed by atoms with Crippen LogP contribution in [0.15, 0.2) is 54.2 Å². The number of aryl methyl sites for hydroxylation is 2. The van der Waals surface area contributed by atoms with Crippen LogP contribution in [0.3, 0.4) is 0 Å². The highest BCUT2D eigenvalue weighted by atomic mass is 16.6. The van der Waals surface area contributed by atoms with E-state index >= 15 is 0 Å². The molecule has 190 valence electrons. The van der Waals surface area contributed by atoms with E-state index in [1.54, 1.807) is 29.7 Å². The molecule has 4 rings (SSSR count). The van der Waals surface area contributed by atoms with Gasteiger partial charge in [0.15, 0.2) is 0 Å². The van der Waals surface area contributed by atoms with Gasteiger partial charge in [-0.05, 0) is 56.7 Å². The molecule has 37 heavy (non-hydrogen) atoms. The molecular weight excluding hydrogens is 478 g/mol. The zero-order chi connectivity index (χ0) is 26.9. The average molecular weight is 504 g/mol. The number of carbonyl (C=O) groups is 3. The summed E-state index contributed by atoms with van der Waals surface area (Å²) in [5, 5.41) is 16.5. The van der Waals surface area contributed by atoms with Crippen molar-refractivity contribution in [3.63, 3.8) is 0 Å². The van der Waals surface area contributed by atoms with Crippen LogP contribution in [0.2, 0.25) is 0 Å². The molecule has 2 aromatic carbocycles. The van der Waals surface area contributed by atoms with Crippen LogP contribution in [0.25, 0.3) is 11.8 Å². The predicted molar refractivity (Wildman–Crippen MR) is 136 cm³/mol. The van der Waals surface area contributed by atoms with E-state index in [2.05, 4.69) is 10.6 Å². The van der Waals surface area contributed by atoms with Crippen molar-refractivity contribution in [1.29, 1.82) is 0 Å². The lowest BCUT2D eigenvalue weighted by molar-refractivity contribution is -0.384. The Balaban J connectivity index is 1.58. The normalized spacial score (nSPS) is 14.2. The summed E-state index contributed by atoms with van der Waals surface area (Å²) >= 11 is 0. The molecule has 0 spiro atoms. The number of carbonyl (C=O) groups excluding carboxylic acids is 3. The number of nitrogens with zero attached hydrogens (tertiary/aromatic N) is 3. The van der Waals surface area contributed by atoms with Gasteiger partial charge in [0.1, 0.15) is 18.0 Å². The Morgan fingerprint density at radius 2 is 1.81 bits per heavy atom. The Kier molecular flexibility index (Phi) is 6.79. The molecule has 0 radical (unpaired) electrons. The molecule has 11 nitrogen and oxygen atoms in total. The van der Waals surface area contributed by atoms with E-state index < -0.39 is 29.3 Å². The summed E-state index contributed by atoms with van der Waals surface area (Å²) in [4.78, 5) is 49.5. The van der Waals surface area contributed by atoms with E-state index in [0.717, 1.165) is 16.2 Å². The summed E-state index contributed by atoms with van der Waals surface area (Å²) in [7, 11) is 1.47. The number of imide groups is 1. The van der Waals surface area contributed by atoms with Gasteiger partial charge >= 0.3 is 6.03 Å². The van der Waals surface area contributed by atoms with Gasteiger partial charge in [-0.15, -0.1) is 0 Å². The lowest BCUT2D eigenvalue weighted by Gasteiger charge is -2.14. The van der Waals surface area contributed by atoms with Gasteiger partial charge in [0.25, 0.3) is 11.6 Å². The van der Waals surface area contributed by atoms with Gasteiger partial charge in [-0.25, -0.2) is 9.69 Å². The number of anilines is 1. The van der Waals surface area contributed by atoms with E-state index in [1.165, 1.54) is 31.4 Å². The van der Waals surface area contributed by atoms with Crippen LogP contribution in [0, 0.1) is 30.9 Å². The SMILES string of the molecule is COc1ccc([N+](=O)[O-])cc1-n1c(C)cc(/C=C2\NC(=O)N(CC(=O)Nc3ccc(C)cc3)C2=O)c1C. The second-order valence-electron chi connectivity index (χ2n) is 8.57. The van der Waals surface area contributed by atoms with Gasteiger partial charge < -0.3 is 19.9 Å². The number of rotatable bonds is 7. The fraction of sp³-hybridized carbons (Fsp3) is 0.192. The molecule has 0 saturated carbocycles. The van der Waals surface area contributed by atoms with Crippen LogP contribution in [0.5, 0.6) is 5.75 Å². The summed E-state index contributed by atoms with van der Waals surface area (Å²) in [6.45, 7) is 5.07. The predicted octanol–water partition coefficient (Wildman–Crippen LogP) is 3.85. The number of amides is 4. The van der Waals surface area contributed by atoms with Gasteiger partial charge in [-0.2, -0.15) is 0 Å². The third-order valence-electron chi connectivity index (χ3n) is 5.98. The van der Waals surface area contributed by atoms with Crippen LogP contribution >= 0.6 is 0 Å². The number of urea groups is 1. The van der Waals surface area contributed by atoms with Crippen molar-refractivity contribution in [3.05, 3.63) is 86.9 Å². The number of benzene rings is 2. The molecule has 1 aromatic heterocycles. The molecule has 1 aliphatic heterocycles. The van der Waals surface area contributed by atoms with Gasteiger partial charge in [-0.3, -0.25) is 19.7 Å². The molecule has 0 aliphatic carbocycles. The molecule has 0 atom stereocenters. The summed E-state index contributed by atoms with van der Waals surface area (Å²) < 4.78 is 7.17. The first kappa shape index (κ1) is 25.2. The second kappa shape index (κ2) is 9.97.